The highest BCUT2D eigenvalue weighted by Crippen LogP contribution is 2.03. The molecule has 0 saturated heterocycles. The molecular formula is C9H13ClN2O2. The van der Waals surface area contributed by atoms with Crippen LogP contribution in [0.5, 0.6) is 0 Å². The normalized spacial score (nSPS) is 10.4. The molecule has 0 radical (unpaired) electrons. The number of rotatable bonds is 5. The van der Waals surface area contributed by atoms with Gasteiger partial charge in [-0.25, -0.2) is 9.78 Å². The summed E-state index contributed by atoms with van der Waals surface area (Å²) in [7, 11) is 0. The van der Waals surface area contributed by atoms with Crippen molar-refractivity contribution in [2.75, 3.05) is 6.61 Å². The number of aromatic nitrogens is 2. The van der Waals surface area contributed by atoms with E-state index in [4.69, 9.17) is 16.7 Å². The summed E-state index contributed by atoms with van der Waals surface area (Å²) in [6, 6.07) is 0. The molecule has 0 amide bonds. The van der Waals surface area contributed by atoms with Gasteiger partial charge < -0.3 is 5.11 Å². The number of nitrogens with zero attached hydrogens (tertiary/aromatic N) is 2. The number of hydrogen-bond acceptors (Lipinski definition) is 3. The number of halogens is 1. The molecular weight excluding hydrogens is 204 g/mol. The standard InChI is InChI=1S/C9H13ClN2O2/c10-8-6-11-9(14)12(7-8)4-2-1-3-5-13/h6-7,13H,1-5H2. The van der Waals surface area contributed by atoms with Crippen molar-refractivity contribution in [3.63, 3.8) is 0 Å². The molecule has 78 valence electrons. The van der Waals surface area contributed by atoms with Crippen LogP contribution in [0.2, 0.25) is 5.02 Å². The van der Waals surface area contributed by atoms with E-state index in [0.29, 0.717) is 11.6 Å². The Labute approximate surface area is 87.2 Å². The lowest BCUT2D eigenvalue weighted by molar-refractivity contribution is 0.281. The van der Waals surface area contributed by atoms with Crippen molar-refractivity contribution in [3.05, 3.63) is 27.9 Å². The monoisotopic (exact) mass is 216 g/mol. The smallest absolute Gasteiger partial charge is 0.347 e. The second kappa shape index (κ2) is 5.78. The first-order valence-corrected chi connectivity index (χ1v) is 4.94. The zero-order valence-electron chi connectivity index (χ0n) is 7.82. The van der Waals surface area contributed by atoms with Crippen LogP contribution in [0.4, 0.5) is 0 Å². The molecule has 0 aliphatic carbocycles. The first-order chi connectivity index (χ1) is 6.74. The average molecular weight is 217 g/mol. The summed E-state index contributed by atoms with van der Waals surface area (Å²) in [6.07, 6.45) is 5.44. The highest BCUT2D eigenvalue weighted by molar-refractivity contribution is 6.30. The Morgan fingerprint density at radius 1 is 1.43 bits per heavy atom. The Hall–Kier alpha value is -0.870. The summed E-state index contributed by atoms with van der Waals surface area (Å²) >= 11 is 5.69. The second-order valence-corrected chi connectivity index (χ2v) is 3.47. The number of aliphatic hydroxyl groups is 1. The predicted octanol–water partition coefficient (Wildman–Crippen LogP) is 1.06. The fourth-order valence-corrected chi connectivity index (χ4v) is 1.33. The van der Waals surface area contributed by atoms with Gasteiger partial charge in [-0.2, -0.15) is 0 Å². The summed E-state index contributed by atoms with van der Waals surface area (Å²) in [6.45, 7) is 0.801. The number of aliphatic hydroxyl groups excluding tert-OH is 1. The third-order valence-corrected chi connectivity index (χ3v) is 2.08. The first kappa shape index (κ1) is 11.2. The molecule has 0 bridgehead atoms. The van der Waals surface area contributed by atoms with E-state index >= 15 is 0 Å². The summed E-state index contributed by atoms with van der Waals surface area (Å²) in [5.74, 6) is 0. The predicted molar refractivity (Wildman–Crippen MR) is 54.4 cm³/mol. The van der Waals surface area contributed by atoms with Crippen LogP contribution in [0.1, 0.15) is 19.3 Å². The Bertz CT molecular complexity index is 338. The first-order valence-electron chi connectivity index (χ1n) is 4.57. The maximum atomic E-state index is 11.2. The van der Waals surface area contributed by atoms with Gasteiger partial charge in [0.05, 0.1) is 11.2 Å². The van der Waals surface area contributed by atoms with Crippen LogP contribution >= 0.6 is 11.6 Å². The fourth-order valence-electron chi connectivity index (χ4n) is 1.16. The molecule has 0 atom stereocenters. The Morgan fingerprint density at radius 3 is 2.93 bits per heavy atom. The van der Waals surface area contributed by atoms with Crippen molar-refractivity contribution in [2.24, 2.45) is 0 Å². The largest absolute Gasteiger partial charge is 0.396 e. The van der Waals surface area contributed by atoms with E-state index in [9.17, 15) is 4.79 Å². The minimum Gasteiger partial charge on any atom is -0.396 e. The third kappa shape index (κ3) is 3.47. The molecule has 0 spiro atoms. The Kier molecular flexibility index (Phi) is 4.62. The average Bonchev–Trinajstić information content (AvgIpc) is 2.18. The zero-order chi connectivity index (χ0) is 10.4. The molecule has 0 aliphatic rings. The van der Waals surface area contributed by atoms with Gasteiger partial charge in [-0.1, -0.05) is 11.6 Å². The van der Waals surface area contributed by atoms with Crippen LogP contribution in [0, 0.1) is 0 Å². The van der Waals surface area contributed by atoms with Crippen LogP contribution in [0.3, 0.4) is 0 Å². The lowest BCUT2D eigenvalue weighted by Crippen LogP contribution is -2.21. The molecule has 14 heavy (non-hydrogen) atoms. The van der Waals surface area contributed by atoms with Crippen LogP contribution in [0.25, 0.3) is 0 Å². The molecule has 0 unspecified atom stereocenters. The fraction of sp³-hybridized carbons (Fsp3) is 0.556. The molecule has 0 saturated carbocycles. The summed E-state index contributed by atoms with van der Waals surface area (Å²) in [5, 5.41) is 9.02. The SMILES string of the molecule is O=c1ncc(Cl)cn1CCCCCO. The van der Waals surface area contributed by atoms with E-state index in [1.54, 1.807) is 6.20 Å². The van der Waals surface area contributed by atoms with Crippen LogP contribution in [-0.4, -0.2) is 21.3 Å². The van der Waals surface area contributed by atoms with Gasteiger partial charge in [0.2, 0.25) is 0 Å². The molecule has 1 N–H and O–H groups in total. The lowest BCUT2D eigenvalue weighted by Gasteiger charge is -2.03. The Balaban J connectivity index is 2.49. The maximum Gasteiger partial charge on any atom is 0.347 e. The van der Waals surface area contributed by atoms with Gasteiger partial charge in [0.15, 0.2) is 0 Å². The van der Waals surface area contributed by atoms with E-state index in [1.165, 1.54) is 10.8 Å². The molecule has 0 aromatic carbocycles. The molecule has 0 aliphatic heterocycles. The van der Waals surface area contributed by atoms with Crippen LogP contribution < -0.4 is 5.69 Å². The van der Waals surface area contributed by atoms with Crippen molar-refractivity contribution in [3.8, 4) is 0 Å². The highest BCUT2D eigenvalue weighted by Gasteiger charge is 1.97. The van der Waals surface area contributed by atoms with Gasteiger partial charge in [-0.3, -0.25) is 4.57 Å². The van der Waals surface area contributed by atoms with Crippen molar-refractivity contribution >= 4 is 11.6 Å². The van der Waals surface area contributed by atoms with Gasteiger partial charge in [0, 0.05) is 19.3 Å². The van der Waals surface area contributed by atoms with E-state index in [0.717, 1.165) is 19.3 Å². The maximum absolute atomic E-state index is 11.2. The highest BCUT2D eigenvalue weighted by atomic mass is 35.5. The van der Waals surface area contributed by atoms with E-state index in [2.05, 4.69) is 4.98 Å². The van der Waals surface area contributed by atoms with Crippen molar-refractivity contribution in [1.29, 1.82) is 0 Å². The summed E-state index contributed by atoms with van der Waals surface area (Å²) in [4.78, 5) is 14.8. The molecule has 1 aromatic heterocycles. The topological polar surface area (TPSA) is 55.1 Å². The number of aryl methyl sites for hydroxylation is 1. The molecule has 5 heteroatoms. The Morgan fingerprint density at radius 2 is 2.21 bits per heavy atom. The minimum atomic E-state index is -0.279. The van der Waals surface area contributed by atoms with Gasteiger partial charge >= 0.3 is 5.69 Å². The van der Waals surface area contributed by atoms with E-state index < -0.39 is 0 Å². The number of unbranched alkanes of at least 4 members (excludes halogenated alkanes) is 2. The van der Waals surface area contributed by atoms with Crippen molar-refractivity contribution in [1.82, 2.24) is 9.55 Å². The van der Waals surface area contributed by atoms with Gasteiger partial charge in [-0.05, 0) is 19.3 Å². The molecule has 0 fully saturated rings. The van der Waals surface area contributed by atoms with E-state index in [-0.39, 0.29) is 12.3 Å². The minimum absolute atomic E-state index is 0.197. The quantitative estimate of drug-likeness (QED) is 0.749. The lowest BCUT2D eigenvalue weighted by atomic mass is 10.2. The third-order valence-electron chi connectivity index (χ3n) is 1.88. The van der Waals surface area contributed by atoms with E-state index in [1.807, 2.05) is 0 Å². The van der Waals surface area contributed by atoms with Crippen LogP contribution in [-0.2, 0) is 6.54 Å². The number of hydrogen-bond donors (Lipinski definition) is 1. The van der Waals surface area contributed by atoms with Crippen molar-refractivity contribution in [2.45, 2.75) is 25.8 Å². The van der Waals surface area contributed by atoms with Crippen molar-refractivity contribution < 1.29 is 5.11 Å². The molecule has 1 heterocycles. The summed E-state index contributed by atoms with van der Waals surface area (Å²) < 4.78 is 1.49. The summed E-state index contributed by atoms with van der Waals surface area (Å²) in [5.41, 5.74) is -0.279. The van der Waals surface area contributed by atoms with Gasteiger partial charge in [0.25, 0.3) is 0 Å². The van der Waals surface area contributed by atoms with Gasteiger partial charge in [-0.15, -0.1) is 0 Å². The molecule has 1 aromatic rings. The molecule has 4 nitrogen and oxygen atoms in total. The zero-order valence-corrected chi connectivity index (χ0v) is 8.57. The van der Waals surface area contributed by atoms with Crippen LogP contribution in [0.15, 0.2) is 17.2 Å². The second-order valence-electron chi connectivity index (χ2n) is 3.03. The molecule has 1 rings (SSSR count). The van der Waals surface area contributed by atoms with Gasteiger partial charge in [0.1, 0.15) is 0 Å².